The normalized spacial score (nSPS) is 12.4. The molecule has 9 nitrogen and oxygen atoms in total. The van der Waals surface area contributed by atoms with Crippen molar-refractivity contribution in [3.05, 3.63) is 67.6 Å². The highest BCUT2D eigenvalue weighted by atomic mass is 32.1. The predicted molar refractivity (Wildman–Crippen MR) is 113 cm³/mol. The molecular weight excluding hydrogens is 428 g/mol. The Balaban J connectivity index is 1.53. The molecule has 0 unspecified atom stereocenters. The van der Waals surface area contributed by atoms with Crippen LogP contribution in [0.25, 0.3) is 10.2 Å². The van der Waals surface area contributed by atoms with E-state index in [0.717, 1.165) is 4.57 Å². The van der Waals surface area contributed by atoms with Gasteiger partial charge in [0.1, 0.15) is 11.2 Å². The maximum absolute atomic E-state index is 13.2. The van der Waals surface area contributed by atoms with E-state index in [1.54, 1.807) is 41.2 Å². The van der Waals surface area contributed by atoms with E-state index in [-0.39, 0.29) is 25.4 Å². The number of thiazole rings is 1. The number of nitrogens with one attached hydrogen (secondary N) is 1. The van der Waals surface area contributed by atoms with Crippen molar-refractivity contribution in [3.63, 3.8) is 0 Å². The molecule has 0 aliphatic carbocycles. The lowest BCUT2D eigenvalue weighted by Crippen LogP contribution is -2.41. The number of hydrogen-bond donors (Lipinski definition) is 1. The number of rotatable bonds is 5. The van der Waals surface area contributed by atoms with Crippen LogP contribution in [0.1, 0.15) is 5.56 Å². The zero-order chi connectivity index (χ0) is 20.7. The second-order valence-electron chi connectivity index (χ2n) is 6.47. The second kappa shape index (κ2) is 7.43. The number of ether oxygens (including phenoxy) is 2. The molecule has 1 amide bonds. The van der Waals surface area contributed by atoms with Crippen LogP contribution in [0.5, 0.6) is 11.5 Å². The van der Waals surface area contributed by atoms with Crippen LogP contribution < -0.4 is 26.0 Å². The largest absolute Gasteiger partial charge is 0.454 e. The predicted octanol–water partition coefficient (Wildman–Crippen LogP) is 2.10. The molecule has 1 aliphatic rings. The maximum atomic E-state index is 13.2. The highest BCUT2D eigenvalue weighted by Crippen LogP contribution is 2.32. The van der Waals surface area contributed by atoms with Crippen LogP contribution in [-0.4, -0.2) is 26.8 Å². The van der Waals surface area contributed by atoms with Crippen molar-refractivity contribution in [3.8, 4) is 11.5 Å². The zero-order valence-corrected chi connectivity index (χ0v) is 17.0. The number of thiophene rings is 1. The first-order valence-electron chi connectivity index (χ1n) is 8.89. The minimum atomic E-state index is -0.558. The van der Waals surface area contributed by atoms with Gasteiger partial charge in [-0.05, 0) is 29.1 Å². The smallest absolute Gasteiger partial charge is 0.332 e. The molecule has 30 heavy (non-hydrogen) atoms. The van der Waals surface area contributed by atoms with Gasteiger partial charge < -0.3 is 14.8 Å². The van der Waals surface area contributed by atoms with Crippen LogP contribution in [0.2, 0.25) is 0 Å². The van der Waals surface area contributed by atoms with E-state index in [1.165, 1.54) is 27.2 Å². The molecule has 4 heterocycles. The molecule has 0 bridgehead atoms. The first-order chi connectivity index (χ1) is 14.6. The summed E-state index contributed by atoms with van der Waals surface area (Å²) in [6.07, 6.45) is 1.58. The highest BCUT2D eigenvalue weighted by molar-refractivity contribution is 7.17. The van der Waals surface area contributed by atoms with Gasteiger partial charge in [0, 0.05) is 11.6 Å². The van der Waals surface area contributed by atoms with Gasteiger partial charge in [-0.1, -0.05) is 6.07 Å². The minimum Gasteiger partial charge on any atom is -0.454 e. The average molecular weight is 442 g/mol. The summed E-state index contributed by atoms with van der Waals surface area (Å²) in [5.74, 6) is 0.796. The number of anilines is 1. The fourth-order valence-electron chi connectivity index (χ4n) is 3.23. The zero-order valence-electron chi connectivity index (χ0n) is 15.4. The number of benzene rings is 1. The Hall–Kier alpha value is -3.44. The summed E-state index contributed by atoms with van der Waals surface area (Å²) in [6, 6.07) is 6.93. The van der Waals surface area contributed by atoms with Crippen molar-refractivity contribution >= 4 is 43.9 Å². The summed E-state index contributed by atoms with van der Waals surface area (Å²) in [4.78, 5) is 42.6. The first-order valence-corrected chi connectivity index (χ1v) is 10.6. The molecule has 3 aromatic heterocycles. The summed E-state index contributed by atoms with van der Waals surface area (Å²) >= 11 is 2.52. The Morgan fingerprint density at radius 2 is 1.97 bits per heavy atom. The molecule has 1 aliphatic heterocycles. The molecule has 152 valence electrons. The maximum Gasteiger partial charge on any atom is 0.332 e. The summed E-state index contributed by atoms with van der Waals surface area (Å²) in [5, 5.41) is 6.58. The highest BCUT2D eigenvalue weighted by Gasteiger charge is 2.19. The van der Waals surface area contributed by atoms with E-state index in [9.17, 15) is 14.4 Å². The van der Waals surface area contributed by atoms with Crippen LogP contribution in [0.3, 0.4) is 0 Å². The van der Waals surface area contributed by atoms with Crippen molar-refractivity contribution in [1.82, 2.24) is 14.1 Å². The van der Waals surface area contributed by atoms with Gasteiger partial charge in [0.25, 0.3) is 5.56 Å². The lowest BCUT2D eigenvalue weighted by Gasteiger charge is -2.12. The lowest BCUT2D eigenvalue weighted by atomic mass is 10.2. The van der Waals surface area contributed by atoms with E-state index in [2.05, 4.69) is 10.3 Å². The Morgan fingerprint density at radius 3 is 2.80 bits per heavy atom. The van der Waals surface area contributed by atoms with Crippen LogP contribution in [0, 0.1) is 0 Å². The first kappa shape index (κ1) is 18.6. The molecule has 0 fully saturated rings. The van der Waals surface area contributed by atoms with E-state index in [0.29, 0.717) is 32.4 Å². The van der Waals surface area contributed by atoms with Gasteiger partial charge in [-0.25, -0.2) is 9.78 Å². The Morgan fingerprint density at radius 1 is 1.10 bits per heavy atom. The van der Waals surface area contributed by atoms with Crippen LogP contribution in [0.15, 0.2) is 50.8 Å². The topological polar surface area (TPSA) is 104 Å². The number of amides is 1. The van der Waals surface area contributed by atoms with Gasteiger partial charge in [-0.2, -0.15) is 0 Å². The Labute approximate surface area is 176 Å². The van der Waals surface area contributed by atoms with Crippen molar-refractivity contribution < 1.29 is 14.3 Å². The van der Waals surface area contributed by atoms with Gasteiger partial charge in [0.05, 0.1) is 12.1 Å². The van der Waals surface area contributed by atoms with Gasteiger partial charge in [-0.15, -0.1) is 22.7 Å². The minimum absolute atomic E-state index is 0.0518. The van der Waals surface area contributed by atoms with Crippen molar-refractivity contribution in [2.24, 2.45) is 0 Å². The fraction of sp³-hybridized carbons (Fsp3) is 0.158. The number of nitrogens with zero attached hydrogens (tertiary/aromatic N) is 3. The quantitative estimate of drug-likeness (QED) is 0.508. The molecule has 1 N–H and O–H groups in total. The van der Waals surface area contributed by atoms with Gasteiger partial charge in [0.2, 0.25) is 12.7 Å². The molecule has 1 aromatic carbocycles. The Kier molecular flexibility index (Phi) is 4.60. The van der Waals surface area contributed by atoms with Gasteiger partial charge in [-0.3, -0.25) is 18.7 Å². The monoisotopic (exact) mass is 442 g/mol. The SMILES string of the molecule is O=C(Cn1c(=O)n(Cc2ccc3c(c2)OCO3)c(=O)c2sccc21)Nc1nccs1. The number of aromatic nitrogens is 3. The van der Waals surface area contributed by atoms with Gasteiger partial charge in [0.15, 0.2) is 16.6 Å². The molecule has 0 saturated heterocycles. The number of carbonyl (C=O) groups excluding carboxylic acids is 1. The standard InChI is InChI=1S/C19H14N4O5S2/c24-15(21-18-20-4-6-30-18)9-22-12-3-5-29-16(12)17(25)23(19(22)26)8-11-1-2-13-14(7-11)28-10-27-13/h1-7H,8-10H2,(H,20,21,24). The molecule has 11 heteroatoms. The van der Waals surface area contributed by atoms with E-state index < -0.39 is 11.6 Å². The molecule has 0 spiro atoms. The van der Waals surface area contributed by atoms with Crippen LogP contribution in [0.4, 0.5) is 5.13 Å². The number of carbonyl (C=O) groups is 1. The van der Waals surface area contributed by atoms with E-state index in [4.69, 9.17) is 9.47 Å². The summed E-state index contributed by atoms with van der Waals surface area (Å²) in [7, 11) is 0. The number of fused-ring (bicyclic) bond motifs is 2. The average Bonchev–Trinajstić information content (AvgIpc) is 3.49. The third-order valence-corrected chi connectivity index (χ3v) is 6.17. The lowest BCUT2D eigenvalue weighted by molar-refractivity contribution is -0.116. The molecule has 0 atom stereocenters. The fourth-order valence-corrected chi connectivity index (χ4v) is 4.62. The van der Waals surface area contributed by atoms with Crippen molar-refractivity contribution in [2.45, 2.75) is 13.1 Å². The molecule has 0 saturated carbocycles. The van der Waals surface area contributed by atoms with Crippen LogP contribution >= 0.6 is 22.7 Å². The third kappa shape index (κ3) is 3.27. The van der Waals surface area contributed by atoms with E-state index >= 15 is 0 Å². The third-order valence-electron chi connectivity index (χ3n) is 4.59. The van der Waals surface area contributed by atoms with Crippen molar-refractivity contribution in [2.75, 3.05) is 12.1 Å². The van der Waals surface area contributed by atoms with Crippen molar-refractivity contribution in [1.29, 1.82) is 0 Å². The molecule has 5 rings (SSSR count). The summed E-state index contributed by atoms with van der Waals surface area (Å²) in [6.45, 7) is -0.0375. The van der Waals surface area contributed by atoms with Crippen LogP contribution in [-0.2, 0) is 17.9 Å². The summed E-state index contributed by atoms with van der Waals surface area (Å²) in [5.41, 5.74) is 0.205. The summed E-state index contributed by atoms with van der Waals surface area (Å²) < 4.78 is 13.5. The molecule has 0 radical (unpaired) electrons. The molecule has 4 aromatic rings. The number of hydrogen-bond acceptors (Lipinski definition) is 8. The second-order valence-corrected chi connectivity index (χ2v) is 8.28. The van der Waals surface area contributed by atoms with Gasteiger partial charge >= 0.3 is 5.69 Å². The molecular formula is C19H14N4O5S2. The Bertz CT molecular complexity index is 1370. The van der Waals surface area contributed by atoms with E-state index in [1.807, 2.05) is 0 Å².